The molecule has 86 valence electrons. The van der Waals surface area contributed by atoms with Gasteiger partial charge in [-0.1, -0.05) is 36.4 Å². The molecule has 0 bridgehead atoms. The summed E-state index contributed by atoms with van der Waals surface area (Å²) >= 11 is 0. The average molecular weight is 228 g/mol. The number of fused-ring (bicyclic) bond motifs is 1. The van der Waals surface area contributed by atoms with E-state index in [0.717, 1.165) is 10.8 Å². The van der Waals surface area contributed by atoms with Crippen LogP contribution in [0.4, 0.5) is 0 Å². The highest BCUT2D eigenvalue weighted by molar-refractivity contribution is 6.07. The van der Waals surface area contributed by atoms with Crippen molar-refractivity contribution in [2.75, 3.05) is 0 Å². The Hall–Kier alpha value is -2.56. The van der Waals surface area contributed by atoms with E-state index >= 15 is 0 Å². The summed E-state index contributed by atoms with van der Waals surface area (Å²) in [5.74, 6) is -0.520. The topological polar surface area (TPSA) is 93.5 Å². The predicted octanol–water partition coefficient (Wildman–Crippen LogP) is 0.758. The number of hydrogen-bond acceptors (Lipinski definition) is 2. The Labute approximate surface area is 98.1 Å². The summed E-state index contributed by atoms with van der Waals surface area (Å²) in [5.41, 5.74) is 13.1. The molecule has 2 aromatic carbocycles. The number of nitrogens with one attached hydrogen (secondary N) is 1. The summed E-state index contributed by atoms with van der Waals surface area (Å²) in [4.78, 5) is 11.8. The zero-order valence-corrected chi connectivity index (χ0v) is 9.05. The fourth-order valence-electron chi connectivity index (χ4n) is 1.60. The van der Waals surface area contributed by atoms with E-state index in [4.69, 9.17) is 11.5 Å². The molecule has 0 spiro atoms. The van der Waals surface area contributed by atoms with Gasteiger partial charge >= 0.3 is 0 Å². The van der Waals surface area contributed by atoms with Gasteiger partial charge in [-0.2, -0.15) is 0 Å². The van der Waals surface area contributed by atoms with Gasteiger partial charge in [0.2, 0.25) is 5.96 Å². The van der Waals surface area contributed by atoms with Crippen LogP contribution in [-0.4, -0.2) is 11.9 Å². The van der Waals surface area contributed by atoms with Crippen molar-refractivity contribution in [1.82, 2.24) is 5.43 Å². The molecule has 5 N–H and O–H groups in total. The molecule has 0 saturated carbocycles. The molecule has 0 aliphatic rings. The monoisotopic (exact) mass is 228 g/mol. The fraction of sp³-hybridized carbons (Fsp3) is 0. The van der Waals surface area contributed by atoms with Gasteiger partial charge in [0, 0.05) is 5.56 Å². The maximum absolute atomic E-state index is 11.8. The van der Waals surface area contributed by atoms with Gasteiger partial charge in [0.05, 0.1) is 0 Å². The third kappa shape index (κ3) is 2.34. The van der Waals surface area contributed by atoms with Crippen LogP contribution < -0.4 is 16.9 Å². The van der Waals surface area contributed by atoms with Crippen molar-refractivity contribution in [2.24, 2.45) is 16.6 Å². The number of guanidine groups is 1. The lowest BCUT2D eigenvalue weighted by Crippen LogP contribution is -2.29. The molecule has 2 aromatic rings. The van der Waals surface area contributed by atoms with E-state index < -0.39 is 0 Å². The molecule has 0 saturated heterocycles. The van der Waals surface area contributed by atoms with Crippen LogP contribution in [0.25, 0.3) is 10.8 Å². The first kappa shape index (κ1) is 10.9. The standard InChI is InChI=1S/C12H12N4O/c13-12(14)16-15-11(17)10-7-3-5-8-4-1-2-6-9(8)10/h1-7H,(H,15,17)(H4,13,14,16). The van der Waals surface area contributed by atoms with Gasteiger partial charge in [-0.3, -0.25) is 4.79 Å². The van der Waals surface area contributed by atoms with Gasteiger partial charge in [-0.15, -0.1) is 5.10 Å². The summed E-state index contributed by atoms with van der Waals surface area (Å²) in [5, 5.41) is 5.33. The molecular formula is C12H12N4O. The molecule has 0 atom stereocenters. The van der Waals surface area contributed by atoms with Crippen LogP contribution in [0.15, 0.2) is 47.6 Å². The van der Waals surface area contributed by atoms with Crippen LogP contribution in [0.1, 0.15) is 10.4 Å². The quantitative estimate of drug-likeness (QED) is 0.402. The molecule has 5 nitrogen and oxygen atoms in total. The summed E-state index contributed by atoms with van der Waals surface area (Å²) in [6.45, 7) is 0. The van der Waals surface area contributed by atoms with Crippen molar-refractivity contribution < 1.29 is 4.79 Å². The number of hydrazone groups is 1. The molecule has 0 radical (unpaired) electrons. The molecule has 17 heavy (non-hydrogen) atoms. The summed E-state index contributed by atoms with van der Waals surface area (Å²) in [7, 11) is 0. The van der Waals surface area contributed by atoms with E-state index in [2.05, 4.69) is 10.5 Å². The molecule has 2 rings (SSSR count). The second-order valence-electron chi connectivity index (χ2n) is 3.50. The number of carbonyl (C=O) groups excluding carboxylic acids is 1. The molecule has 5 heteroatoms. The Morgan fingerprint density at radius 3 is 2.53 bits per heavy atom. The number of amides is 1. The zero-order valence-electron chi connectivity index (χ0n) is 9.05. The SMILES string of the molecule is NC(N)=NNC(=O)c1cccc2ccccc12. The molecule has 0 unspecified atom stereocenters. The number of rotatable bonds is 2. The van der Waals surface area contributed by atoms with E-state index in [1.54, 1.807) is 6.07 Å². The lowest BCUT2D eigenvalue weighted by atomic mass is 10.0. The zero-order chi connectivity index (χ0) is 12.3. The average Bonchev–Trinajstić information content (AvgIpc) is 2.35. The normalized spacial score (nSPS) is 9.88. The third-order valence-corrected chi connectivity index (χ3v) is 2.32. The highest BCUT2D eigenvalue weighted by atomic mass is 16.2. The van der Waals surface area contributed by atoms with Crippen molar-refractivity contribution in [3.8, 4) is 0 Å². The molecule has 1 amide bonds. The lowest BCUT2D eigenvalue weighted by Gasteiger charge is -2.04. The van der Waals surface area contributed by atoms with Crippen molar-refractivity contribution in [3.05, 3.63) is 48.0 Å². The number of carbonyl (C=O) groups is 1. The van der Waals surface area contributed by atoms with Crippen molar-refractivity contribution in [3.63, 3.8) is 0 Å². The van der Waals surface area contributed by atoms with E-state index in [9.17, 15) is 4.79 Å². The summed E-state index contributed by atoms with van der Waals surface area (Å²) in [6.07, 6.45) is 0. The summed E-state index contributed by atoms with van der Waals surface area (Å²) < 4.78 is 0. The van der Waals surface area contributed by atoms with E-state index in [1.165, 1.54) is 0 Å². The third-order valence-electron chi connectivity index (χ3n) is 2.32. The first-order valence-corrected chi connectivity index (χ1v) is 5.05. The minimum Gasteiger partial charge on any atom is -0.369 e. The molecular weight excluding hydrogens is 216 g/mol. The first-order valence-electron chi connectivity index (χ1n) is 5.05. The number of nitrogens with two attached hydrogens (primary N) is 2. The van der Waals surface area contributed by atoms with Crippen LogP contribution in [0.3, 0.4) is 0 Å². The van der Waals surface area contributed by atoms with Crippen molar-refractivity contribution in [1.29, 1.82) is 0 Å². The number of benzene rings is 2. The second-order valence-corrected chi connectivity index (χ2v) is 3.50. The summed E-state index contributed by atoms with van der Waals surface area (Å²) in [6, 6.07) is 13.1. The second kappa shape index (κ2) is 4.52. The van der Waals surface area contributed by atoms with Gasteiger partial charge in [-0.25, -0.2) is 5.43 Å². The van der Waals surface area contributed by atoms with E-state index in [1.807, 2.05) is 36.4 Å². The highest BCUT2D eigenvalue weighted by Gasteiger charge is 2.08. The minimum absolute atomic E-state index is 0.182. The lowest BCUT2D eigenvalue weighted by molar-refractivity contribution is 0.0956. The number of nitrogens with zero attached hydrogens (tertiary/aromatic N) is 1. The smallest absolute Gasteiger partial charge is 0.272 e. The molecule has 0 aromatic heterocycles. The van der Waals surface area contributed by atoms with Gasteiger partial charge in [0.1, 0.15) is 0 Å². The van der Waals surface area contributed by atoms with Crippen LogP contribution in [0.5, 0.6) is 0 Å². The first-order chi connectivity index (χ1) is 8.18. The maximum Gasteiger partial charge on any atom is 0.272 e. The minimum atomic E-state index is -0.338. The predicted molar refractivity (Wildman–Crippen MR) is 67.2 cm³/mol. The van der Waals surface area contributed by atoms with Crippen LogP contribution in [-0.2, 0) is 0 Å². The van der Waals surface area contributed by atoms with Gasteiger partial charge in [-0.05, 0) is 16.8 Å². The highest BCUT2D eigenvalue weighted by Crippen LogP contribution is 2.18. The van der Waals surface area contributed by atoms with Gasteiger partial charge < -0.3 is 11.5 Å². The van der Waals surface area contributed by atoms with E-state index in [0.29, 0.717) is 5.56 Å². The van der Waals surface area contributed by atoms with Crippen LogP contribution in [0, 0.1) is 0 Å². The Morgan fingerprint density at radius 1 is 1.06 bits per heavy atom. The Kier molecular flexibility index (Phi) is 2.91. The molecule has 0 aliphatic carbocycles. The molecule has 0 fully saturated rings. The van der Waals surface area contributed by atoms with Crippen LogP contribution >= 0.6 is 0 Å². The van der Waals surface area contributed by atoms with Crippen LogP contribution in [0.2, 0.25) is 0 Å². The molecule has 0 heterocycles. The molecule has 0 aliphatic heterocycles. The Balaban J connectivity index is 2.42. The Bertz CT molecular complexity index is 583. The maximum atomic E-state index is 11.8. The fourth-order valence-corrected chi connectivity index (χ4v) is 1.60. The Morgan fingerprint density at radius 2 is 1.76 bits per heavy atom. The number of hydrogen-bond donors (Lipinski definition) is 3. The largest absolute Gasteiger partial charge is 0.369 e. The van der Waals surface area contributed by atoms with Crippen molar-refractivity contribution in [2.45, 2.75) is 0 Å². The van der Waals surface area contributed by atoms with Crippen molar-refractivity contribution >= 4 is 22.6 Å². The van der Waals surface area contributed by atoms with Gasteiger partial charge in [0.25, 0.3) is 5.91 Å². The van der Waals surface area contributed by atoms with Gasteiger partial charge in [0.15, 0.2) is 0 Å². The van der Waals surface area contributed by atoms with E-state index in [-0.39, 0.29) is 11.9 Å².